The molecule has 0 bridgehead atoms. The highest BCUT2D eigenvalue weighted by atomic mass is 35.5. The maximum Gasteiger partial charge on any atom is 0.307 e. The summed E-state index contributed by atoms with van der Waals surface area (Å²) >= 11 is 11.9. The monoisotopic (exact) mass is 384 g/mol. The lowest BCUT2D eigenvalue weighted by molar-refractivity contribution is -0.143. The lowest BCUT2D eigenvalue weighted by atomic mass is 10.2. The Morgan fingerprint density at radius 1 is 1.24 bits per heavy atom. The van der Waals surface area contributed by atoms with Gasteiger partial charge >= 0.3 is 5.97 Å². The minimum absolute atomic E-state index is 0.130. The minimum atomic E-state index is -0.342. The van der Waals surface area contributed by atoms with Crippen molar-refractivity contribution in [3.05, 3.63) is 40.2 Å². The molecule has 134 valence electrons. The van der Waals surface area contributed by atoms with Crippen molar-refractivity contribution in [3.63, 3.8) is 0 Å². The van der Waals surface area contributed by atoms with Gasteiger partial charge in [0, 0.05) is 18.7 Å². The standard InChI is InChI=1S/C17H18Cl2N2O4/c1-3-21(8-7-15(22)24-4-2)17(23)14-10-25-16(20-14)11-5-6-12(18)13(19)9-11/h5-6,9-10H,3-4,7-8H2,1-2H3. The van der Waals surface area contributed by atoms with Crippen LogP contribution in [0.2, 0.25) is 10.0 Å². The number of esters is 1. The van der Waals surface area contributed by atoms with Crippen LogP contribution in [0.5, 0.6) is 0 Å². The molecular formula is C17H18Cl2N2O4. The molecule has 2 rings (SSSR count). The molecule has 8 heteroatoms. The van der Waals surface area contributed by atoms with Gasteiger partial charge in [0.15, 0.2) is 5.69 Å². The summed E-state index contributed by atoms with van der Waals surface area (Å²) in [7, 11) is 0. The number of amides is 1. The number of hydrogen-bond donors (Lipinski definition) is 0. The number of oxazole rings is 1. The van der Waals surface area contributed by atoms with Crippen LogP contribution in [0.3, 0.4) is 0 Å². The lowest BCUT2D eigenvalue weighted by Gasteiger charge is -2.18. The molecule has 1 aromatic carbocycles. The number of ether oxygens (including phenoxy) is 1. The molecule has 0 unspecified atom stereocenters. The van der Waals surface area contributed by atoms with E-state index in [2.05, 4.69) is 4.98 Å². The zero-order chi connectivity index (χ0) is 18.4. The highest BCUT2D eigenvalue weighted by Gasteiger charge is 2.20. The second-order valence-corrected chi connectivity index (χ2v) is 5.92. The maximum atomic E-state index is 12.5. The number of aromatic nitrogens is 1. The second-order valence-electron chi connectivity index (χ2n) is 5.11. The second kappa shape index (κ2) is 8.87. The van der Waals surface area contributed by atoms with Crippen molar-refractivity contribution in [3.8, 4) is 11.5 Å². The fraction of sp³-hybridized carbons (Fsp3) is 0.353. The molecule has 1 heterocycles. The summed E-state index contributed by atoms with van der Waals surface area (Å²) in [6.07, 6.45) is 1.41. The predicted octanol–water partition coefficient (Wildman–Crippen LogP) is 4.06. The van der Waals surface area contributed by atoms with Crippen molar-refractivity contribution < 1.29 is 18.7 Å². The van der Waals surface area contributed by atoms with E-state index >= 15 is 0 Å². The van der Waals surface area contributed by atoms with Crippen LogP contribution in [0.15, 0.2) is 28.9 Å². The Kier molecular flexibility index (Phi) is 6.84. The van der Waals surface area contributed by atoms with Crippen LogP contribution >= 0.6 is 23.2 Å². The van der Waals surface area contributed by atoms with Gasteiger partial charge in [0.2, 0.25) is 5.89 Å². The molecule has 0 radical (unpaired) electrons. The first-order valence-electron chi connectivity index (χ1n) is 7.82. The van der Waals surface area contributed by atoms with Crippen LogP contribution < -0.4 is 0 Å². The molecule has 0 fully saturated rings. The molecule has 0 aliphatic heterocycles. The molecule has 0 saturated carbocycles. The lowest BCUT2D eigenvalue weighted by Crippen LogP contribution is -2.33. The van der Waals surface area contributed by atoms with Gasteiger partial charge < -0.3 is 14.1 Å². The van der Waals surface area contributed by atoms with Crippen molar-refractivity contribution in [2.24, 2.45) is 0 Å². The first-order valence-corrected chi connectivity index (χ1v) is 8.57. The van der Waals surface area contributed by atoms with E-state index in [1.54, 1.807) is 25.1 Å². The third kappa shape index (κ3) is 4.96. The molecule has 1 aromatic heterocycles. The van der Waals surface area contributed by atoms with Crippen molar-refractivity contribution >= 4 is 35.1 Å². The largest absolute Gasteiger partial charge is 0.466 e. The van der Waals surface area contributed by atoms with Crippen molar-refractivity contribution in [1.82, 2.24) is 9.88 Å². The maximum absolute atomic E-state index is 12.5. The Balaban J connectivity index is 2.09. The number of carbonyl (C=O) groups is 2. The Morgan fingerprint density at radius 2 is 2.00 bits per heavy atom. The van der Waals surface area contributed by atoms with Crippen LogP contribution in [-0.4, -0.2) is 41.5 Å². The van der Waals surface area contributed by atoms with E-state index in [1.807, 2.05) is 6.92 Å². The van der Waals surface area contributed by atoms with Gasteiger partial charge in [-0.1, -0.05) is 23.2 Å². The minimum Gasteiger partial charge on any atom is -0.466 e. The van der Waals surface area contributed by atoms with E-state index in [-0.39, 0.29) is 36.4 Å². The number of rotatable bonds is 7. The van der Waals surface area contributed by atoms with Gasteiger partial charge in [0.05, 0.1) is 23.1 Å². The quantitative estimate of drug-likeness (QED) is 0.672. The Bertz CT molecular complexity index is 761. The summed E-state index contributed by atoms with van der Waals surface area (Å²) in [6.45, 7) is 4.56. The third-order valence-corrected chi connectivity index (χ3v) is 4.19. The number of hydrogen-bond acceptors (Lipinski definition) is 5. The summed E-state index contributed by atoms with van der Waals surface area (Å²) < 4.78 is 10.2. The predicted molar refractivity (Wildman–Crippen MR) is 94.8 cm³/mol. The van der Waals surface area contributed by atoms with Gasteiger partial charge in [-0.25, -0.2) is 4.98 Å². The van der Waals surface area contributed by atoms with Gasteiger partial charge in [-0.2, -0.15) is 0 Å². The molecule has 25 heavy (non-hydrogen) atoms. The molecule has 0 aliphatic carbocycles. The van der Waals surface area contributed by atoms with Gasteiger partial charge in [-0.15, -0.1) is 0 Å². The van der Waals surface area contributed by atoms with Gasteiger partial charge in [-0.05, 0) is 32.0 Å². The average molecular weight is 385 g/mol. The molecule has 0 spiro atoms. The Hall–Kier alpha value is -2.05. The number of halogens is 2. The number of carbonyl (C=O) groups excluding carboxylic acids is 2. The number of nitrogens with zero attached hydrogens (tertiary/aromatic N) is 2. The highest BCUT2D eigenvalue weighted by molar-refractivity contribution is 6.42. The van der Waals surface area contributed by atoms with Crippen LogP contribution in [0, 0.1) is 0 Å². The fourth-order valence-corrected chi connectivity index (χ4v) is 2.46. The summed E-state index contributed by atoms with van der Waals surface area (Å²) in [5.74, 6) is -0.393. The van der Waals surface area contributed by atoms with Crippen LogP contribution in [0.1, 0.15) is 30.8 Å². The van der Waals surface area contributed by atoms with Gasteiger partial charge in [-0.3, -0.25) is 9.59 Å². The van der Waals surface area contributed by atoms with Crippen molar-refractivity contribution in [2.75, 3.05) is 19.7 Å². The van der Waals surface area contributed by atoms with Crippen molar-refractivity contribution in [1.29, 1.82) is 0 Å². The van der Waals surface area contributed by atoms with E-state index in [0.717, 1.165) is 0 Å². The molecule has 6 nitrogen and oxygen atoms in total. The van der Waals surface area contributed by atoms with Gasteiger partial charge in [0.1, 0.15) is 6.26 Å². The zero-order valence-electron chi connectivity index (χ0n) is 13.9. The molecule has 0 aliphatic rings. The summed E-state index contributed by atoms with van der Waals surface area (Å²) in [4.78, 5) is 29.7. The summed E-state index contributed by atoms with van der Waals surface area (Å²) in [6, 6.07) is 4.94. The SMILES string of the molecule is CCOC(=O)CCN(CC)C(=O)c1coc(-c2ccc(Cl)c(Cl)c2)n1. The van der Waals surface area contributed by atoms with E-state index < -0.39 is 0 Å². The van der Waals surface area contributed by atoms with Crippen LogP contribution in [-0.2, 0) is 9.53 Å². The molecular weight excluding hydrogens is 367 g/mol. The summed E-state index contributed by atoms with van der Waals surface area (Å²) in [5, 5.41) is 0.791. The van der Waals surface area contributed by atoms with Crippen LogP contribution in [0.25, 0.3) is 11.5 Å². The smallest absolute Gasteiger partial charge is 0.307 e. The van der Waals surface area contributed by atoms with Crippen LogP contribution in [0.4, 0.5) is 0 Å². The van der Waals surface area contributed by atoms with E-state index in [0.29, 0.717) is 28.8 Å². The normalized spacial score (nSPS) is 10.6. The Morgan fingerprint density at radius 3 is 2.64 bits per heavy atom. The first-order chi connectivity index (χ1) is 12.0. The fourth-order valence-electron chi connectivity index (χ4n) is 2.16. The summed E-state index contributed by atoms with van der Waals surface area (Å²) in [5.41, 5.74) is 0.773. The molecule has 1 amide bonds. The topological polar surface area (TPSA) is 72.6 Å². The van der Waals surface area contributed by atoms with Crippen molar-refractivity contribution in [2.45, 2.75) is 20.3 Å². The van der Waals surface area contributed by atoms with Gasteiger partial charge in [0.25, 0.3) is 5.91 Å². The zero-order valence-corrected chi connectivity index (χ0v) is 15.4. The first kappa shape index (κ1) is 19.3. The average Bonchev–Trinajstić information content (AvgIpc) is 3.08. The molecule has 0 atom stereocenters. The Labute approximate surface area is 155 Å². The number of benzene rings is 1. The molecule has 0 saturated heterocycles. The van der Waals surface area contributed by atoms with E-state index in [1.165, 1.54) is 11.2 Å². The highest BCUT2D eigenvalue weighted by Crippen LogP contribution is 2.28. The third-order valence-electron chi connectivity index (χ3n) is 3.45. The van der Waals surface area contributed by atoms with E-state index in [4.69, 9.17) is 32.4 Å². The molecule has 2 aromatic rings. The molecule has 0 N–H and O–H groups in total. The van der Waals surface area contributed by atoms with E-state index in [9.17, 15) is 9.59 Å².